The van der Waals surface area contributed by atoms with E-state index in [0.29, 0.717) is 17.8 Å². The average Bonchev–Trinajstić information content (AvgIpc) is 2.78. The molecule has 2 rings (SSSR count). The van der Waals surface area contributed by atoms with E-state index in [4.69, 9.17) is 5.73 Å². The Kier molecular flexibility index (Phi) is 4.11. The second kappa shape index (κ2) is 5.79. The van der Waals surface area contributed by atoms with Crippen molar-refractivity contribution in [2.75, 3.05) is 12.3 Å². The molecule has 1 aromatic carbocycles. The predicted octanol–water partition coefficient (Wildman–Crippen LogP) is 1.90. The van der Waals surface area contributed by atoms with Crippen molar-refractivity contribution in [3.8, 4) is 0 Å². The van der Waals surface area contributed by atoms with Crippen LogP contribution in [0, 0.1) is 0 Å². The molecule has 2 aromatic rings. The summed E-state index contributed by atoms with van der Waals surface area (Å²) in [5, 5.41) is 6.88. The van der Waals surface area contributed by atoms with Crippen LogP contribution in [0.3, 0.4) is 0 Å². The number of nitrogens with two attached hydrogens (primary N) is 1. The molecule has 0 saturated heterocycles. The van der Waals surface area contributed by atoms with Crippen LogP contribution in [0.2, 0.25) is 0 Å². The molecule has 1 amide bonds. The molecular weight excluding hydrogens is 260 g/mol. The molecule has 0 bridgehead atoms. The number of anilines is 1. The summed E-state index contributed by atoms with van der Waals surface area (Å²) in [7, 11) is 1.86. The summed E-state index contributed by atoms with van der Waals surface area (Å²) in [6.45, 7) is 2.49. The number of rotatable bonds is 4. The highest BCUT2D eigenvalue weighted by molar-refractivity contribution is 7.99. The van der Waals surface area contributed by atoms with E-state index in [1.165, 1.54) is 11.8 Å². The first-order valence-electron chi connectivity index (χ1n) is 5.94. The Labute approximate surface area is 116 Å². The van der Waals surface area contributed by atoms with Crippen molar-refractivity contribution in [2.24, 2.45) is 7.05 Å². The van der Waals surface area contributed by atoms with E-state index in [9.17, 15) is 4.79 Å². The molecule has 1 aromatic heterocycles. The Hall–Kier alpha value is -1.95. The van der Waals surface area contributed by atoms with Crippen LogP contribution >= 0.6 is 11.8 Å². The average molecular weight is 276 g/mol. The quantitative estimate of drug-likeness (QED) is 0.837. The standard InChI is InChI=1S/C13H16N4OS/c1-3-15-13(18)9-4-5-11(14)12(6-9)19-10-7-16-17(2)8-10/h4-8H,3,14H2,1-2H3,(H,15,18). The summed E-state index contributed by atoms with van der Waals surface area (Å²) in [5.41, 5.74) is 7.21. The normalized spacial score (nSPS) is 10.4. The third kappa shape index (κ3) is 3.29. The number of carbonyl (C=O) groups excluding carboxylic acids is 1. The van der Waals surface area contributed by atoms with Crippen molar-refractivity contribution in [3.05, 3.63) is 36.2 Å². The largest absolute Gasteiger partial charge is 0.398 e. The zero-order valence-electron chi connectivity index (χ0n) is 10.9. The molecule has 0 saturated carbocycles. The highest BCUT2D eigenvalue weighted by atomic mass is 32.2. The van der Waals surface area contributed by atoms with E-state index < -0.39 is 0 Å². The van der Waals surface area contributed by atoms with Gasteiger partial charge in [0.05, 0.1) is 11.1 Å². The zero-order chi connectivity index (χ0) is 13.8. The van der Waals surface area contributed by atoms with Gasteiger partial charge in [-0.3, -0.25) is 9.48 Å². The lowest BCUT2D eigenvalue weighted by molar-refractivity contribution is 0.0955. The molecule has 1 heterocycles. The van der Waals surface area contributed by atoms with Gasteiger partial charge in [-0.15, -0.1) is 0 Å². The molecule has 6 heteroatoms. The van der Waals surface area contributed by atoms with E-state index in [2.05, 4.69) is 10.4 Å². The Morgan fingerprint density at radius 3 is 2.95 bits per heavy atom. The van der Waals surface area contributed by atoms with E-state index in [-0.39, 0.29) is 5.91 Å². The molecule has 5 nitrogen and oxygen atoms in total. The van der Waals surface area contributed by atoms with Crippen molar-refractivity contribution < 1.29 is 4.79 Å². The summed E-state index contributed by atoms with van der Waals surface area (Å²) >= 11 is 1.50. The minimum atomic E-state index is -0.0875. The van der Waals surface area contributed by atoms with Crippen LogP contribution in [0.15, 0.2) is 40.4 Å². The number of hydrogen-bond donors (Lipinski definition) is 2. The molecule has 0 aliphatic heterocycles. The fraction of sp³-hybridized carbons (Fsp3) is 0.231. The number of aromatic nitrogens is 2. The third-order valence-electron chi connectivity index (χ3n) is 2.52. The maximum atomic E-state index is 11.8. The molecule has 0 aliphatic rings. The second-order valence-corrected chi connectivity index (χ2v) is 5.18. The molecule has 0 radical (unpaired) electrons. The number of carbonyl (C=O) groups is 1. The van der Waals surface area contributed by atoms with Crippen LogP contribution in [0.25, 0.3) is 0 Å². The predicted molar refractivity (Wildman–Crippen MR) is 76.2 cm³/mol. The number of amides is 1. The summed E-state index contributed by atoms with van der Waals surface area (Å²) in [4.78, 5) is 13.6. The molecule has 19 heavy (non-hydrogen) atoms. The number of hydrogen-bond acceptors (Lipinski definition) is 4. The number of nitrogen functional groups attached to an aromatic ring is 1. The zero-order valence-corrected chi connectivity index (χ0v) is 11.7. The van der Waals surface area contributed by atoms with Crippen molar-refractivity contribution >= 4 is 23.4 Å². The van der Waals surface area contributed by atoms with Crippen molar-refractivity contribution in [3.63, 3.8) is 0 Å². The van der Waals surface area contributed by atoms with E-state index in [1.807, 2.05) is 20.2 Å². The summed E-state index contributed by atoms with van der Waals surface area (Å²) in [5.74, 6) is -0.0875. The lowest BCUT2D eigenvalue weighted by atomic mass is 10.2. The summed E-state index contributed by atoms with van der Waals surface area (Å²) in [6, 6.07) is 5.29. The van der Waals surface area contributed by atoms with Crippen molar-refractivity contribution in [1.29, 1.82) is 0 Å². The Balaban J connectivity index is 2.24. The van der Waals surface area contributed by atoms with Crippen molar-refractivity contribution in [2.45, 2.75) is 16.7 Å². The maximum absolute atomic E-state index is 11.8. The highest BCUT2D eigenvalue weighted by Crippen LogP contribution is 2.32. The Bertz CT molecular complexity index is 594. The maximum Gasteiger partial charge on any atom is 0.251 e. The van der Waals surface area contributed by atoms with Gasteiger partial charge in [0.1, 0.15) is 0 Å². The first-order valence-corrected chi connectivity index (χ1v) is 6.76. The Morgan fingerprint density at radius 1 is 1.53 bits per heavy atom. The van der Waals surface area contributed by atoms with Crippen LogP contribution in [0.1, 0.15) is 17.3 Å². The highest BCUT2D eigenvalue weighted by Gasteiger charge is 2.09. The number of aryl methyl sites for hydroxylation is 1. The second-order valence-electron chi connectivity index (χ2n) is 4.06. The van der Waals surface area contributed by atoms with E-state index in [0.717, 1.165) is 9.79 Å². The van der Waals surface area contributed by atoms with Gasteiger partial charge >= 0.3 is 0 Å². The molecule has 0 spiro atoms. The van der Waals surface area contributed by atoms with E-state index in [1.54, 1.807) is 29.1 Å². The topological polar surface area (TPSA) is 72.9 Å². The van der Waals surface area contributed by atoms with Gasteiger partial charge in [-0.2, -0.15) is 5.10 Å². The smallest absolute Gasteiger partial charge is 0.251 e. The van der Waals surface area contributed by atoms with Gasteiger partial charge in [0.2, 0.25) is 0 Å². The van der Waals surface area contributed by atoms with Gasteiger partial charge in [0.25, 0.3) is 5.91 Å². The molecule has 0 unspecified atom stereocenters. The fourth-order valence-electron chi connectivity index (χ4n) is 1.61. The molecule has 0 fully saturated rings. The van der Waals surface area contributed by atoms with E-state index >= 15 is 0 Å². The lowest BCUT2D eigenvalue weighted by Crippen LogP contribution is -2.22. The van der Waals surface area contributed by atoms with Crippen LogP contribution in [0.4, 0.5) is 5.69 Å². The number of benzene rings is 1. The lowest BCUT2D eigenvalue weighted by Gasteiger charge is -2.07. The summed E-state index contributed by atoms with van der Waals surface area (Å²) < 4.78 is 1.73. The van der Waals surface area contributed by atoms with Crippen LogP contribution in [-0.2, 0) is 7.05 Å². The van der Waals surface area contributed by atoms with Crippen LogP contribution in [0.5, 0.6) is 0 Å². The Morgan fingerprint density at radius 2 is 2.32 bits per heavy atom. The SMILES string of the molecule is CCNC(=O)c1ccc(N)c(Sc2cnn(C)c2)c1. The van der Waals surface area contributed by atoms with Crippen LogP contribution in [-0.4, -0.2) is 22.2 Å². The molecule has 100 valence electrons. The van der Waals surface area contributed by atoms with Gasteiger partial charge in [0.15, 0.2) is 0 Å². The third-order valence-corrected chi connectivity index (χ3v) is 3.54. The first-order chi connectivity index (χ1) is 9.10. The van der Waals surface area contributed by atoms with Gasteiger partial charge in [0, 0.05) is 35.9 Å². The molecular formula is C13H16N4OS. The molecule has 0 atom stereocenters. The van der Waals surface area contributed by atoms with Gasteiger partial charge < -0.3 is 11.1 Å². The minimum absolute atomic E-state index is 0.0875. The minimum Gasteiger partial charge on any atom is -0.398 e. The number of nitrogens with one attached hydrogen (secondary N) is 1. The van der Waals surface area contributed by atoms with Crippen molar-refractivity contribution in [1.82, 2.24) is 15.1 Å². The van der Waals surface area contributed by atoms with Crippen LogP contribution < -0.4 is 11.1 Å². The molecule has 3 N–H and O–H groups in total. The van der Waals surface area contributed by atoms with Gasteiger partial charge in [-0.25, -0.2) is 0 Å². The summed E-state index contributed by atoms with van der Waals surface area (Å²) in [6.07, 6.45) is 3.67. The molecule has 0 aliphatic carbocycles. The van der Waals surface area contributed by atoms with Gasteiger partial charge in [-0.1, -0.05) is 11.8 Å². The first kappa shape index (κ1) is 13.5. The van der Waals surface area contributed by atoms with Gasteiger partial charge in [-0.05, 0) is 25.1 Å². The fourth-order valence-corrected chi connectivity index (χ4v) is 2.54. The number of nitrogens with zero attached hydrogens (tertiary/aromatic N) is 2. The monoisotopic (exact) mass is 276 g/mol.